The molecule has 0 aliphatic carbocycles. The molecule has 0 radical (unpaired) electrons. The van der Waals surface area contributed by atoms with E-state index in [2.05, 4.69) is 57.4 Å². The number of aromatic amines is 1. The molecule has 0 spiro atoms. The van der Waals surface area contributed by atoms with Gasteiger partial charge in [-0.2, -0.15) is 5.10 Å². The van der Waals surface area contributed by atoms with Gasteiger partial charge in [0, 0.05) is 37.5 Å². The molecule has 0 unspecified atom stereocenters. The van der Waals surface area contributed by atoms with E-state index in [1.807, 2.05) is 0 Å². The van der Waals surface area contributed by atoms with Crippen molar-refractivity contribution in [2.45, 2.75) is 64.8 Å². The van der Waals surface area contributed by atoms with Crippen molar-refractivity contribution in [3.63, 3.8) is 0 Å². The Morgan fingerprint density at radius 2 is 2.07 bits per heavy atom. The molecule has 0 aromatic carbocycles. The lowest BCUT2D eigenvalue weighted by atomic mass is 9.96. The van der Waals surface area contributed by atoms with Crippen molar-refractivity contribution >= 4 is 29.9 Å². The second-order valence-corrected chi connectivity index (χ2v) is 7.03. The van der Waals surface area contributed by atoms with Crippen molar-refractivity contribution in [1.82, 2.24) is 30.6 Å². The summed E-state index contributed by atoms with van der Waals surface area (Å²) in [6.07, 6.45) is 5.82. The van der Waals surface area contributed by atoms with Crippen LogP contribution in [0.25, 0.3) is 0 Å². The SMILES string of the molecule is CCNC(=NCc1cc(C(CC)CC)no1)N1CCC(c2ncn[nH]2)CC1.I. The molecule has 1 aliphatic heterocycles. The summed E-state index contributed by atoms with van der Waals surface area (Å²) in [6.45, 7) is 9.72. The Balaban J connectivity index is 0.00000280. The number of piperidine rings is 1. The van der Waals surface area contributed by atoms with Crippen LogP contribution in [0.3, 0.4) is 0 Å². The minimum absolute atomic E-state index is 0. The standard InChI is InChI=1S/C19H31N7O.HI/c1-4-14(5-2)17-11-16(27-25-17)12-21-19(20-6-3)26-9-7-15(8-10-26)18-22-13-23-24-18;/h11,13-15H,4-10,12H2,1-3H3,(H,20,21)(H,22,23,24);1H. The summed E-state index contributed by atoms with van der Waals surface area (Å²) in [7, 11) is 0. The van der Waals surface area contributed by atoms with E-state index in [1.165, 1.54) is 0 Å². The first-order chi connectivity index (χ1) is 13.2. The topological polar surface area (TPSA) is 95.2 Å². The molecule has 0 amide bonds. The summed E-state index contributed by atoms with van der Waals surface area (Å²) in [5.74, 6) is 3.67. The lowest BCUT2D eigenvalue weighted by Gasteiger charge is -2.33. The van der Waals surface area contributed by atoms with Gasteiger partial charge in [0.1, 0.15) is 18.7 Å². The monoisotopic (exact) mass is 501 g/mol. The van der Waals surface area contributed by atoms with E-state index in [0.717, 1.165) is 68.6 Å². The van der Waals surface area contributed by atoms with Crippen molar-refractivity contribution in [2.24, 2.45) is 4.99 Å². The number of aliphatic imine (C=N–C) groups is 1. The number of H-pyrrole nitrogens is 1. The molecule has 2 aromatic rings. The van der Waals surface area contributed by atoms with E-state index in [1.54, 1.807) is 6.33 Å². The summed E-state index contributed by atoms with van der Waals surface area (Å²) in [5.41, 5.74) is 1.04. The fourth-order valence-electron chi connectivity index (χ4n) is 3.66. The lowest BCUT2D eigenvalue weighted by Crippen LogP contribution is -2.45. The number of hydrogen-bond donors (Lipinski definition) is 2. The van der Waals surface area contributed by atoms with Crippen LogP contribution in [0.4, 0.5) is 0 Å². The second kappa shape index (κ2) is 11.4. The minimum atomic E-state index is 0. The first-order valence-electron chi connectivity index (χ1n) is 10.1. The molecule has 9 heteroatoms. The van der Waals surface area contributed by atoms with Crippen LogP contribution in [0, 0.1) is 0 Å². The van der Waals surface area contributed by atoms with Gasteiger partial charge in [-0.3, -0.25) is 5.10 Å². The van der Waals surface area contributed by atoms with E-state index in [4.69, 9.17) is 9.52 Å². The average Bonchev–Trinajstić information content (AvgIpc) is 3.39. The molecule has 156 valence electrons. The smallest absolute Gasteiger partial charge is 0.194 e. The molecule has 1 saturated heterocycles. The highest BCUT2D eigenvalue weighted by Crippen LogP contribution is 2.25. The first kappa shape index (κ1) is 22.6. The summed E-state index contributed by atoms with van der Waals surface area (Å²) in [5, 5.41) is 14.6. The quantitative estimate of drug-likeness (QED) is 0.342. The van der Waals surface area contributed by atoms with Crippen LogP contribution in [0.15, 0.2) is 21.9 Å². The zero-order valence-corrected chi connectivity index (χ0v) is 19.3. The van der Waals surface area contributed by atoms with Gasteiger partial charge in [-0.1, -0.05) is 19.0 Å². The highest BCUT2D eigenvalue weighted by molar-refractivity contribution is 14.0. The first-order valence-corrected chi connectivity index (χ1v) is 10.1. The number of likely N-dealkylation sites (tertiary alicyclic amines) is 1. The van der Waals surface area contributed by atoms with Crippen molar-refractivity contribution in [2.75, 3.05) is 19.6 Å². The number of rotatable bonds is 7. The van der Waals surface area contributed by atoms with Crippen LogP contribution in [-0.4, -0.2) is 50.8 Å². The molecule has 0 atom stereocenters. The van der Waals surface area contributed by atoms with Crippen LogP contribution in [0.2, 0.25) is 0 Å². The molecule has 0 saturated carbocycles. The van der Waals surface area contributed by atoms with Crippen LogP contribution >= 0.6 is 24.0 Å². The predicted octanol–water partition coefficient (Wildman–Crippen LogP) is 3.66. The summed E-state index contributed by atoms with van der Waals surface area (Å²) < 4.78 is 5.51. The van der Waals surface area contributed by atoms with E-state index in [9.17, 15) is 0 Å². The van der Waals surface area contributed by atoms with Gasteiger partial charge < -0.3 is 14.7 Å². The largest absolute Gasteiger partial charge is 0.359 e. The average molecular weight is 501 g/mol. The Kier molecular flexibility index (Phi) is 9.20. The van der Waals surface area contributed by atoms with E-state index < -0.39 is 0 Å². The maximum Gasteiger partial charge on any atom is 0.194 e. The van der Waals surface area contributed by atoms with Crippen LogP contribution in [0.5, 0.6) is 0 Å². The number of halogens is 1. The number of nitrogens with zero attached hydrogens (tertiary/aromatic N) is 5. The summed E-state index contributed by atoms with van der Waals surface area (Å²) in [6, 6.07) is 2.06. The minimum Gasteiger partial charge on any atom is -0.359 e. The second-order valence-electron chi connectivity index (χ2n) is 7.03. The van der Waals surface area contributed by atoms with Gasteiger partial charge in [-0.05, 0) is 32.6 Å². The number of guanidine groups is 1. The molecule has 1 aliphatic rings. The van der Waals surface area contributed by atoms with Gasteiger partial charge in [0.05, 0.1) is 5.69 Å². The molecular weight excluding hydrogens is 469 g/mol. The van der Waals surface area contributed by atoms with Crippen molar-refractivity contribution in [3.05, 3.63) is 29.7 Å². The normalized spacial score (nSPS) is 15.7. The number of hydrogen-bond acceptors (Lipinski definition) is 5. The number of aromatic nitrogens is 4. The summed E-state index contributed by atoms with van der Waals surface area (Å²) >= 11 is 0. The molecule has 2 aromatic heterocycles. The van der Waals surface area contributed by atoms with Gasteiger partial charge in [-0.15, -0.1) is 24.0 Å². The molecule has 8 nitrogen and oxygen atoms in total. The highest BCUT2D eigenvalue weighted by Gasteiger charge is 2.24. The molecule has 28 heavy (non-hydrogen) atoms. The third-order valence-electron chi connectivity index (χ3n) is 5.32. The fourth-order valence-corrected chi connectivity index (χ4v) is 3.66. The molecule has 3 heterocycles. The maximum absolute atomic E-state index is 5.51. The Hall–Kier alpha value is -1.65. The molecule has 3 rings (SSSR count). The zero-order chi connectivity index (χ0) is 19.1. The van der Waals surface area contributed by atoms with Gasteiger partial charge in [0.2, 0.25) is 0 Å². The lowest BCUT2D eigenvalue weighted by molar-refractivity contribution is 0.298. The highest BCUT2D eigenvalue weighted by atomic mass is 127. The van der Waals surface area contributed by atoms with E-state index in [0.29, 0.717) is 18.4 Å². The summed E-state index contributed by atoms with van der Waals surface area (Å²) in [4.78, 5) is 11.4. The Labute approximate surface area is 184 Å². The van der Waals surface area contributed by atoms with Crippen molar-refractivity contribution in [1.29, 1.82) is 0 Å². The third-order valence-corrected chi connectivity index (χ3v) is 5.32. The van der Waals surface area contributed by atoms with E-state index in [-0.39, 0.29) is 24.0 Å². The Morgan fingerprint density at radius 1 is 1.32 bits per heavy atom. The Bertz CT molecular complexity index is 704. The maximum atomic E-state index is 5.51. The van der Waals surface area contributed by atoms with Gasteiger partial charge in [0.25, 0.3) is 0 Å². The fraction of sp³-hybridized carbons (Fsp3) is 0.684. The number of nitrogens with one attached hydrogen (secondary N) is 2. The molecule has 1 fully saturated rings. The van der Waals surface area contributed by atoms with Crippen LogP contribution in [-0.2, 0) is 6.54 Å². The zero-order valence-electron chi connectivity index (χ0n) is 17.0. The van der Waals surface area contributed by atoms with E-state index >= 15 is 0 Å². The molecule has 0 bridgehead atoms. The van der Waals surface area contributed by atoms with Crippen molar-refractivity contribution < 1.29 is 4.52 Å². The third kappa shape index (κ3) is 5.68. The van der Waals surface area contributed by atoms with Crippen LogP contribution in [0.1, 0.15) is 75.6 Å². The van der Waals surface area contributed by atoms with Crippen molar-refractivity contribution in [3.8, 4) is 0 Å². The van der Waals surface area contributed by atoms with Gasteiger partial charge >= 0.3 is 0 Å². The van der Waals surface area contributed by atoms with Gasteiger partial charge in [-0.25, -0.2) is 9.98 Å². The van der Waals surface area contributed by atoms with Crippen LogP contribution < -0.4 is 5.32 Å². The Morgan fingerprint density at radius 3 is 2.68 bits per heavy atom. The molecular formula is C19H32IN7O. The predicted molar refractivity (Wildman–Crippen MR) is 120 cm³/mol. The van der Waals surface area contributed by atoms with Gasteiger partial charge in [0.15, 0.2) is 11.7 Å². The molecule has 2 N–H and O–H groups in total.